The fourth-order valence-electron chi connectivity index (χ4n) is 5.88. The first-order valence-electron chi connectivity index (χ1n) is 15.4. The van der Waals surface area contributed by atoms with Crippen molar-refractivity contribution in [1.82, 2.24) is 15.3 Å². The Labute approximate surface area is 269 Å². The first-order valence-corrected chi connectivity index (χ1v) is 15.4. The summed E-state index contributed by atoms with van der Waals surface area (Å²) < 4.78 is 51.2. The maximum atomic E-state index is 14.0. The fraction of sp³-hybridized carbons (Fsp3) is 0.353. The largest absolute Gasteiger partial charge is 0.444 e. The van der Waals surface area contributed by atoms with Gasteiger partial charge in [-0.3, -0.25) is 4.90 Å². The Balaban J connectivity index is 1.24. The zero-order chi connectivity index (χ0) is 33.3. The number of alkyl halides is 3. The molecule has 0 spiro atoms. The number of hydrogen-bond acceptors (Lipinski definition) is 7. The maximum Gasteiger partial charge on any atom is 0.416 e. The zero-order valence-electron chi connectivity index (χ0n) is 26.2. The number of benzene rings is 2. The molecule has 2 aromatic carbocycles. The molecule has 0 aliphatic carbocycles. The number of nitrogens with one attached hydrogen (secondary N) is 2. The van der Waals surface area contributed by atoms with E-state index in [-0.39, 0.29) is 6.04 Å². The molecule has 0 saturated carbocycles. The summed E-state index contributed by atoms with van der Waals surface area (Å²) in [6.07, 6.45) is -0.139. The molecule has 4 heterocycles. The van der Waals surface area contributed by atoms with Crippen LogP contribution in [0.25, 0.3) is 22.6 Å². The second kappa shape index (κ2) is 12.6. The van der Waals surface area contributed by atoms with Crippen LogP contribution >= 0.6 is 0 Å². The molecule has 1 saturated heterocycles. The van der Waals surface area contributed by atoms with Crippen molar-refractivity contribution in [3.63, 3.8) is 0 Å². The summed E-state index contributed by atoms with van der Waals surface area (Å²) in [5.74, 6) is 0.919. The summed E-state index contributed by atoms with van der Waals surface area (Å²) in [6.45, 7) is 7.15. The van der Waals surface area contributed by atoms with E-state index in [2.05, 4.69) is 20.5 Å². The van der Waals surface area contributed by atoms with E-state index in [4.69, 9.17) is 14.1 Å². The number of alkyl carbamates (subject to hydrolysis) is 1. The number of oxazole rings is 1. The lowest BCUT2D eigenvalue weighted by Crippen LogP contribution is -2.48. The van der Waals surface area contributed by atoms with Crippen LogP contribution in [0.1, 0.15) is 44.7 Å². The number of carbonyl (C=O) groups is 2. The normalized spacial score (nSPS) is 15.7. The van der Waals surface area contributed by atoms with Crippen molar-refractivity contribution in [2.45, 2.75) is 57.9 Å². The van der Waals surface area contributed by atoms with Crippen molar-refractivity contribution in [3.05, 3.63) is 78.3 Å². The van der Waals surface area contributed by atoms with Gasteiger partial charge in [0.1, 0.15) is 5.60 Å². The molecule has 6 rings (SSSR count). The van der Waals surface area contributed by atoms with Crippen LogP contribution in [0.5, 0.6) is 0 Å². The summed E-state index contributed by atoms with van der Waals surface area (Å²) in [4.78, 5) is 38.6. The SMILES string of the molecule is CC(C)(C)OC(=O)NCCCc1cc(NC(=O)N2c3nc(-c4cccc(C(F)(F)F)c4)ccc3N3CC[C@H]2C3)cc(-c2cnco2)c1. The molecule has 1 atom stereocenters. The number of aryl methyl sites for hydroxylation is 1. The Kier molecular flexibility index (Phi) is 8.56. The van der Waals surface area contributed by atoms with E-state index < -0.39 is 29.5 Å². The Morgan fingerprint density at radius 2 is 1.89 bits per heavy atom. The smallest absolute Gasteiger partial charge is 0.416 e. The van der Waals surface area contributed by atoms with Gasteiger partial charge < -0.3 is 24.7 Å². The average Bonchev–Trinajstić information content (AvgIpc) is 3.70. The Morgan fingerprint density at radius 3 is 2.64 bits per heavy atom. The van der Waals surface area contributed by atoms with Crippen molar-refractivity contribution in [2.24, 2.45) is 0 Å². The topological polar surface area (TPSA) is 113 Å². The predicted molar refractivity (Wildman–Crippen MR) is 171 cm³/mol. The summed E-state index contributed by atoms with van der Waals surface area (Å²) in [5, 5.41) is 5.79. The molecule has 3 amide bonds. The molecule has 47 heavy (non-hydrogen) atoms. The Morgan fingerprint density at radius 1 is 1.06 bits per heavy atom. The lowest BCUT2D eigenvalue weighted by Gasteiger charge is -2.36. The van der Waals surface area contributed by atoms with Crippen LogP contribution in [-0.4, -0.2) is 53.4 Å². The van der Waals surface area contributed by atoms with Crippen molar-refractivity contribution in [1.29, 1.82) is 0 Å². The molecule has 2 N–H and O–H groups in total. The van der Waals surface area contributed by atoms with Gasteiger partial charge in [-0.05, 0) is 88.1 Å². The van der Waals surface area contributed by atoms with E-state index >= 15 is 0 Å². The minimum absolute atomic E-state index is 0.164. The standard InChI is InChI=1S/C34H35F3N6O4/c1-33(2,3)47-32(45)39-12-5-6-21-14-23(29-18-38-20-46-29)17-25(15-21)40-31(44)43-26-11-13-42(19-26)28-10-9-27(41-30(28)43)22-7-4-8-24(16-22)34(35,36)37/h4,7-10,14-18,20,26H,5-6,11-13,19H2,1-3H3,(H,39,45)(H,40,44)/t26-/m0/s1. The third-order valence-electron chi connectivity index (χ3n) is 7.93. The van der Waals surface area contributed by atoms with E-state index in [1.807, 2.05) is 18.2 Å². The molecule has 10 nitrogen and oxygen atoms in total. The highest BCUT2D eigenvalue weighted by molar-refractivity contribution is 6.05. The first-order chi connectivity index (χ1) is 22.3. The van der Waals surface area contributed by atoms with Gasteiger partial charge in [-0.15, -0.1) is 0 Å². The van der Waals surface area contributed by atoms with Crippen LogP contribution in [0.4, 0.5) is 40.0 Å². The van der Waals surface area contributed by atoms with E-state index in [0.717, 1.165) is 36.3 Å². The minimum atomic E-state index is -4.49. The lowest BCUT2D eigenvalue weighted by molar-refractivity contribution is -0.137. The maximum absolute atomic E-state index is 14.0. The highest BCUT2D eigenvalue weighted by atomic mass is 19.4. The number of amides is 3. The average molecular weight is 649 g/mol. The fourth-order valence-corrected chi connectivity index (χ4v) is 5.88. The van der Waals surface area contributed by atoms with E-state index in [1.54, 1.807) is 50.1 Å². The second-order valence-electron chi connectivity index (χ2n) is 12.6. The molecule has 2 bridgehead atoms. The number of halogens is 3. The highest BCUT2D eigenvalue weighted by Gasteiger charge is 2.40. The number of hydrogen-bond donors (Lipinski definition) is 2. The molecule has 13 heteroatoms. The summed E-state index contributed by atoms with van der Waals surface area (Å²) >= 11 is 0. The number of anilines is 3. The number of aromatic nitrogens is 2. The third-order valence-corrected chi connectivity index (χ3v) is 7.93. The van der Waals surface area contributed by atoms with Gasteiger partial charge in [0, 0.05) is 36.4 Å². The molecule has 0 radical (unpaired) electrons. The Hall–Kier alpha value is -5.07. The van der Waals surface area contributed by atoms with Crippen molar-refractivity contribution >= 4 is 29.3 Å². The molecular weight excluding hydrogens is 613 g/mol. The number of pyridine rings is 1. The first kappa shape index (κ1) is 31.9. The van der Waals surface area contributed by atoms with E-state index in [1.165, 1.54) is 12.5 Å². The number of ether oxygens (including phenoxy) is 1. The molecule has 0 unspecified atom stereocenters. The van der Waals surface area contributed by atoms with Gasteiger partial charge >= 0.3 is 18.3 Å². The molecule has 246 valence electrons. The molecule has 2 aromatic heterocycles. The summed E-state index contributed by atoms with van der Waals surface area (Å²) in [7, 11) is 0. The van der Waals surface area contributed by atoms with Crippen LogP contribution in [0, 0.1) is 0 Å². The predicted octanol–water partition coefficient (Wildman–Crippen LogP) is 7.51. The lowest BCUT2D eigenvalue weighted by atomic mass is 10.0. The number of fused-ring (bicyclic) bond motifs is 4. The minimum Gasteiger partial charge on any atom is -0.444 e. The van der Waals surface area contributed by atoms with E-state index in [0.29, 0.717) is 60.0 Å². The van der Waals surface area contributed by atoms with E-state index in [9.17, 15) is 22.8 Å². The van der Waals surface area contributed by atoms with Crippen molar-refractivity contribution in [2.75, 3.05) is 34.8 Å². The summed E-state index contributed by atoms with van der Waals surface area (Å²) in [5.41, 5.74) is 2.17. The van der Waals surface area contributed by atoms with Gasteiger partial charge in [0.25, 0.3) is 0 Å². The van der Waals surface area contributed by atoms with Gasteiger partial charge in [0.15, 0.2) is 18.0 Å². The van der Waals surface area contributed by atoms with Crippen LogP contribution in [0.3, 0.4) is 0 Å². The number of urea groups is 1. The van der Waals surface area contributed by atoms with Gasteiger partial charge in [-0.2, -0.15) is 13.2 Å². The van der Waals surface area contributed by atoms with Crippen LogP contribution in [0.2, 0.25) is 0 Å². The number of carbonyl (C=O) groups excluding carboxylic acids is 2. The van der Waals surface area contributed by atoms with Crippen molar-refractivity contribution in [3.8, 4) is 22.6 Å². The van der Waals surface area contributed by atoms with Gasteiger partial charge in [0.05, 0.1) is 29.2 Å². The third kappa shape index (κ3) is 7.34. The highest BCUT2D eigenvalue weighted by Crippen LogP contribution is 2.41. The van der Waals surface area contributed by atoms with Gasteiger partial charge in [0.2, 0.25) is 0 Å². The number of nitrogens with zero attached hydrogens (tertiary/aromatic N) is 4. The van der Waals surface area contributed by atoms with Crippen LogP contribution in [-0.2, 0) is 17.3 Å². The molecule has 2 aliphatic heterocycles. The molecule has 1 fully saturated rings. The van der Waals surface area contributed by atoms with Crippen LogP contribution < -0.4 is 20.4 Å². The number of rotatable bonds is 7. The Bertz CT molecular complexity index is 1770. The quantitative estimate of drug-likeness (QED) is 0.200. The molecular formula is C34H35F3N6O4. The van der Waals surface area contributed by atoms with Gasteiger partial charge in [-0.25, -0.2) is 19.6 Å². The second-order valence-corrected chi connectivity index (χ2v) is 12.6. The molecule has 2 aliphatic rings. The summed E-state index contributed by atoms with van der Waals surface area (Å²) in [6, 6.07) is 13.5. The van der Waals surface area contributed by atoms with Crippen molar-refractivity contribution < 1.29 is 31.9 Å². The zero-order valence-corrected chi connectivity index (χ0v) is 26.2. The monoisotopic (exact) mass is 648 g/mol. The van der Waals surface area contributed by atoms with Crippen LogP contribution in [0.15, 0.2) is 71.6 Å². The van der Waals surface area contributed by atoms with Gasteiger partial charge in [-0.1, -0.05) is 12.1 Å². The molecule has 4 aromatic rings.